The number of ketones is 1. The van der Waals surface area contributed by atoms with E-state index in [-0.39, 0.29) is 65.6 Å². The van der Waals surface area contributed by atoms with Gasteiger partial charge in [-0.2, -0.15) is 22.7 Å². The van der Waals surface area contributed by atoms with Crippen molar-refractivity contribution in [2.24, 2.45) is 23.5 Å². The van der Waals surface area contributed by atoms with Gasteiger partial charge in [-0.05, 0) is 158 Å². The summed E-state index contributed by atoms with van der Waals surface area (Å²) in [5.41, 5.74) is 7.60. The highest BCUT2D eigenvalue weighted by Gasteiger charge is 2.64. The second kappa shape index (κ2) is 22.3. The number of H-pyrrole nitrogens is 1. The lowest BCUT2D eigenvalue weighted by Crippen LogP contribution is -2.49. The molecule has 1 atom stereocenters. The maximum absolute atomic E-state index is 14.4. The highest BCUT2D eigenvalue weighted by atomic mass is 19.3. The Hall–Kier alpha value is -6.86. The Bertz CT molecular complexity index is 2590. The summed E-state index contributed by atoms with van der Waals surface area (Å²) >= 11 is 0. The number of halogens is 4. The average molecular weight is 1010 g/mol. The zero-order valence-corrected chi connectivity index (χ0v) is 41.6. The maximum Gasteiger partial charge on any atom is 0.410 e. The summed E-state index contributed by atoms with van der Waals surface area (Å²) in [6.07, 6.45) is 3.07. The predicted octanol–water partition coefficient (Wildman–Crippen LogP) is 8.88. The molecule has 1 aliphatic heterocycles. The van der Waals surface area contributed by atoms with E-state index in [1.54, 1.807) is 36.8 Å². The third-order valence-corrected chi connectivity index (χ3v) is 12.7. The second-order valence-electron chi connectivity index (χ2n) is 20.7. The number of nitrogens with one attached hydrogen (secondary N) is 4. The van der Waals surface area contributed by atoms with E-state index in [9.17, 15) is 46.3 Å². The zero-order valence-electron chi connectivity index (χ0n) is 41.6. The van der Waals surface area contributed by atoms with E-state index in [1.165, 1.54) is 24.3 Å². The van der Waals surface area contributed by atoms with Gasteiger partial charge in [-0.1, -0.05) is 30.3 Å². The fourth-order valence-corrected chi connectivity index (χ4v) is 8.71. The van der Waals surface area contributed by atoms with E-state index < -0.39 is 52.7 Å². The molecule has 20 heteroatoms. The molecule has 0 unspecified atom stereocenters. The number of alkyl carbamates (subject to hydrolysis) is 1. The Morgan fingerprint density at radius 2 is 1.42 bits per heavy atom. The van der Waals surface area contributed by atoms with Crippen LogP contribution in [0, 0.1) is 24.7 Å². The fraction of sp³-hybridized carbons (Fsp3) is 0.500. The summed E-state index contributed by atoms with van der Waals surface area (Å²) in [5.74, 6) is -16.5. The number of aromatic nitrogens is 3. The van der Waals surface area contributed by atoms with Crippen LogP contribution in [0.15, 0.2) is 66.7 Å². The molecule has 1 saturated carbocycles. The minimum Gasteiger partial charge on any atom is -0.444 e. The van der Waals surface area contributed by atoms with Crippen molar-refractivity contribution in [3.05, 3.63) is 89.2 Å². The Labute approximate surface area is 415 Å². The molecule has 1 aromatic heterocycles. The third-order valence-electron chi connectivity index (χ3n) is 12.7. The maximum atomic E-state index is 14.4. The molecular weight excluding hydrogens is 941 g/mol. The lowest BCUT2D eigenvalue weighted by atomic mass is 9.77. The number of alkyl halides is 4. The van der Waals surface area contributed by atoms with Gasteiger partial charge >= 0.3 is 24.0 Å². The fourth-order valence-electron chi connectivity index (χ4n) is 8.71. The van der Waals surface area contributed by atoms with Crippen LogP contribution in [-0.4, -0.2) is 98.6 Å². The molecule has 0 spiro atoms. The second-order valence-corrected chi connectivity index (χ2v) is 20.7. The number of benzene rings is 3. The van der Waals surface area contributed by atoms with Crippen LogP contribution in [0.1, 0.15) is 114 Å². The predicted molar refractivity (Wildman–Crippen MR) is 260 cm³/mol. The summed E-state index contributed by atoms with van der Waals surface area (Å²) in [5, 5.41) is 14.1. The molecular formula is C52H64F4N8O8. The van der Waals surface area contributed by atoms with Gasteiger partial charge < -0.3 is 36.1 Å². The molecule has 6 N–H and O–H groups in total. The number of piperidine rings is 1. The van der Waals surface area contributed by atoms with Gasteiger partial charge in [-0.3, -0.25) is 24.3 Å². The van der Waals surface area contributed by atoms with Crippen molar-refractivity contribution in [1.29, 1.82) is 0 Å². The van der Waals surface area contributed by atoms with Crippen molar-refractivity contribution in [3.8, 4) is 22.5 Å². The van der Waals surface area contributed by atoms with Crippen LogP contribution in [-0.2, 0) is 36.2 Å². The molecule has 0 radical (unpaired) electrons. The number of amides is 5. The topological polar surface area (TPSA) is 228 Å². The number of Topliss-reactive ketones (excluding diaryl/α,β-unsaturated/α-hetero) is 1. The number of carbonyl (C=O) groups excluding carboxylic acids is 6. The van der Waals surface area contributed by atoms with Crippen molar-refractivity contribution in [2.75, 3.05) is 25.0 Å². The normalized spacial score (nSPS) is 17.3. The van der Waals surface area contributed by atoms with Crippen LogP contribution in [0.4, 0.5) is 32.8 Å². The summed E-state index contributed by atoms with van der Waals surface area (Å²) in [4.78, 5) is 82.2. The number of aromatic amines is 1. The van der Waals surface area contributed by atoms with Gasteiger partial charge in [-0.25, -0.2) is 14.6 Å². The quantitative estimate of drug-likeness (QED) is 0.0670. The van der Waals surface area contributed by atoms with Gasteiger partial charge in [0.2, 0.25) is 11.7 Å². The van der Waals surface area contributed by atoms with E-state index in [1.807, 2.05) is 64.1 Å². The first-order valence-corrected chi connectivity index (χ1v) is 24.1. The van der Waals surface area contributed by atoms with Crippen LogP contribution in [0.5, 0.6) is 0 Å². The Kier molecular flexibility index (Phi) is 16.9. The Morgan fingerprint density at radius 1 is 0.806 bits per heavy atom. The number of nitrogens with two attached hydrogens (primary N) is 1. The first kappa shape index (κ1) is 54.5. The molecule has 3 aromatic carbocycles. The van der Waals surface area contributed by atoms with E-state index in [0.717, 1.165) is 22.3 Å². The molecule has 0 bridgehead atoms. The Morgan fingerprint density at radius 3 is 2.00 bits per heavy atom. The van der Waals surface area contributed by atoms with Gasteiger partial charge in [0.1, 0.15) is 17.0 Å². The molecule has 16 nitrogen and oxygen atoms in total. The highest BCUT2D eigenvalue weighted by molar-refractivity contribution is 5.97. The van der Waals surface area contributed by atoms with Crippen LogP contribution in [0.25, 0.3) is 22.5 Å². The van der Waals surface area contributed by atoms with Crippen LogP contribution < -0.4 is 21.7 Å². The van der Waals surface area contributed by atoms with Gasteiger partial charge in [0.15, 0.2) is 5.82 Å². The van der Waals surface area contributed by atoms with Gasteiger partial charge in [0.25, 0.3) is 11.8 Å². The minimum absolute atomic E-state index is 0.0627. The number of aryl methyl sites for hydroxylation is 1. The number of carbonyl (C=O) groups is 6. The van der Waals surface area contributed by atoms with Crippen LogP contribution in [0.2, 0.25) is 0 Å². The van der Waals surface area contributed by atoms with Gasteiger partial charge in [0, 0.05) is 60.7 Å². The lowest BCUT2D eigenvalue weighted by Gasteiger charge is -2.33. The molecule has 1 saturated heterocycles. The lowest BCUT2D eigenvalue weighted by molar-refractivity contribution is -0.215. The SMILES string of the molecule is Cc1cc(C(=O)NC2CCN(C(=O)OC(C)(C)C)CC2)ccc1-c1ccc(C[C@H](CC(=O)C2CCC(CNC(=O)OC(C)(C)C)CC2)C(=O)Nc2ccc(-c3n[nH]c(C(F)(F)C(F)(F)C(N)=O)n3)cc2)cc1. The molecule has 2 fully saturated rings. The van der Waals surface area contributed by atoms with Crippen LogP contribution >= 0.6 is 0 Å². The summed E-state index contributed by atoms with van der Waals surface area (Å²) in [6, 6.07) is 18.6. The largest absolute Gasteiger partial charge is 0.444 e. The summed E-state index contributed by atoms with van der Waals surface area (Å²) in [6.45, 7) is 14.1. The average Bonchev–Trinajstić information content (AvgIpc) is 3.82. The number of nitrogens with zero attached hydrogens (tertiary/aromatic N) is 3. The minimum atomic E-state index is -5.24. The van der Waals surface area contributed by atoms with E-state index >= 15 is 0 Å². The van der Waals surface area contributed by atoms with Crippen molar-refractivity contribution in [1.82, 2.24) is 30.7 Å². The van der Waals surface area contributed by atoms with Crippen molar-refractivity contribution < 1.29 is 55.8 Å². The number of likely N-dealkylation sites (tertiary alicyclic amines) is 1. The standard InChI is InChI=1S/C52H64F4N8O8/c1-30-26-36(43(66)60-39-22-24-64(25-23-39)48(70)72-50(5,6)7)18-21-40(30)33-12-8-31(9-13-33)27-37(28-41(65)34-14-10-32(11-15-34)29-58-47(69)71-49(2,3)4)44(67)59-38-19-16-35(17-20-38)42-61-46(63-62-42)52(55,56)51(53,54)45(57)68/h8-9,12-13,16-21,26,32,34,37,39H,10-11,14-15,22-25,27-29H2,1-7H3,(H2,57,68)(H,58,69)(H,59,67)(H,60,66)(H,61,62,63)/t32?,34?,37-/m1/s1. The van der Waals surface area contributed by atoms with Gasteiger partial charge in [-0.15, -0.1) is 0 Å². The van der Waals surface area contributed by atoms with Crippen molar-refractivity contribution >= 4 is 41.4 Å². The summed E-state index contributed by atoms with van der Waals surface area (Å²) < 4.78 is 67.6. The smallest absolute Gasteiger partial charge is 0.410 e. The molecule has 6 rings (SSSR count). The molecule has 388 valence electrons. The molecule has 1 aliphatic carbocycles. The van der Waals surface area contributed by atoms with E-state index in [0.29, 0.717) is 63.7 Å². The number of ether oxygens (including phenoxy) is 2. The number of rotatable bonds is 16. The first-order valence-electron chi connectivity index (χ1n) is 24.1. The molecule has 72 heavy (non-hydrogen) atoms. The number of hydrogen-bond acceptors (Lipinski definition) is 10. The monoisotopic (exact) mass is 1000 g/mol. The first-order chi connectivity index (χ1) is 33.7. The van der Waals surface area contributed by atoms with Crippen LogP contribution in [0.3, 0.4) is 0 Å². The zero-order chi connectivity index (χ0) is 52.8. The Balaban J connectivity index is 1.11. The van der Waals surface area contributed by atoms with Gasteiger partial charge in [0.05, 0.1) is 0 Å². The highest BCUT2D eigenvalue weighted by Crippen LogP contribution is 2.42. The third kappa shape index (κ3) is 14.2. The molecule has 5 amide bonds. The molecule has 2 aliphatic rings. The number of primary amides is 1. The molecule has 4 aromatic rings. The molecule has 2 heterocycles. The van der Waals surface area contributed by atoms with Crippen molar-refractivity contribution in [2.45, 2.75) is 129 Å². The number of hydrogen-bond donors (Lipinski definition) is 5. The van der Waals surface area contributed by atoms with E-state index in [4.69, 9.17) is 9.47 Å². The van der Waals surface area contributed by atoms with E-state index in [2.05, 4.69) is 31.8 Å². The number of anilines is 1. The van der Waals surface area contributed by atoms with Crippen molar-refractivity contribution in [3.63, 3.8) is 0 Å². The summed E-state index contributed by atoms with van der Waals surface area (Å²) in [7, 11) is 0.